The van der Waals surface area contributed by atoms with Crippen molar-refractivity contribution in [3.05, 3.63) is 57.0 Å². The Balaban J connectivity index is 1.89. The molecule has 1 fully saturated rings. The monoisotopic (exact) mass is 362 g/mol. The molecule has 1 aliphatic rings. The third kappa shape index (κ3) is 3.89. The summed E-state index contributed by atoms with van der Waals surface area (Å²) in [4.78, 5) is 26.2. The number of carbonyl (C=O) groups is 1. The van der Waals surface area contributed by atoms with Crippen LogP contribution in [0.15, 0.2) is 35.1 Å². The van der Waals surface area contributed by atoms with Gasteiger partial charge in [0.05, 0.1) is 43.9 Å². The van der Waals surface area contributed by atoms with E-state index in [4.69, 9.17) is 11.6 Å². The van der Waals surface area contributed by atoms with Crippen LogP contribution in [0.4, 0.5) is 0 Å². The van der Waals surface area contributed by atoms with Gasteiger partial charge in [-0.2, -0.15) is 5.10 Å². The average molecular weight is 363 g/mol. The van der Waals surface area contributed by atoms with Crippen LogP contribution in [0.25, 0.3) is 5.69 Å². The molecule has 0 unspecified atom stereocenters. The Morgan fingerprint density at radius 3 is 2.64 bits per heavy atom. The summed E-state index contributed by atoms with van der Waals surface area (Å²) in [7, 11) is 2.11. The summed E-state index contributed by atoms with van der Waals surface area (Å²) in [6, 6.07) is 8.57. The third-order valence-corrected chi connectivity index (χ3v) is 4.60. The molecule has 1 aromatic carbocycles. The van der Waals surface area contributed by atoms with Gasteiger partial charge in [0, 0.05) is 11.8 Å². The van der Waals surface area contributed by atoms with Crippen LogP contribution in [-0.4, -0.2) is 53.9 Å². The first-order chi connectivity index (χ1) is 12.0. The van der Waals surface area contributed by atoms with Crippen LogP contribution in [0.5, 0.6) is 0 Å². The van der Waals surface area contributed by atoms with E-state index in [-0.39, 0.29) is 5.69 Å². The Kier molecular flexibility index (Phi) is 5.17. The Bertz CT molecular complexity index is 843. The molecule has 8 heteroatoms. The lowest BCUT2D eigenvalue weighted by atomic mass is 10.2. The van der Waals surface area contributed by atoms with Crippen molar-refractivity contribution < 1.29 is 9.69 Å². The van der Waals surface area contributed by atoms with Crippen LogP contribution in [0.2, 0.25) is 5.02 Å². The molecule has 2 aromatic rings. The van der Waals surface area contributed by atoms with Gasteiger partial charge in [-0.25, -0.2) is 9.69 Å². The molecular weight excluding hydrogens is 342 g/mol. The molecule has 0 saturated carbocycles. The van der Waals surface area contributed by atoms with E-state index in [9.17, 15) is 9.59 Å². The number of halogens is 1. The minimum Gasteiger partial charge on any atom is -0.335 e. The van der Waals surface area contributed by atoms with Crippen LogP contribution in [0, 0.1) is 6.92 Å². The second-order valence-corrected chi connectivity index (χ2v) is 6.65. The Morgan fingerprint density at radius 2 is 1.96 bits per heavy atom. The van der Waals surface area contributed by atoms with Gasteiger partial charge in [0.1, 0.15) is 0 Å². The lowest BCUT2D eigenvalue weighted by molar-refractivity contribution is -0.884. The van der Waals surface area contributed by atoms with Crippen LogP contribution < -0.4 is 15.8 Å². The van der Waals surface area contributed by atoms with Gasteiger partial charge in [-0.1, -0.05) is 23.7 Å². The number of nitrogens with zero attached hydrogens (tertiary/aromatic N) is 3. The number of piperazine rings is 1. The molecule has 1 aliphatic heterocycles. The number of likely N-dealkylation sites (N-methyl/N-ethyl adjacent to an activating group) is 1. The summed E-state index contributed by atoms with van der Waals surface area (Å²) < 4.78 is 1.52. The third-order valence-electron chi connectivity index (χ3n) is 4.28. The summed E-state index contributed by atoms with van der Waals surface area (Å²) in [5, 5.41) is 6.58. The molecule has 7 nitrogen and oxygen atoms in total. The van der Waals surface area contributed by atoms with Crippen molar-refractivity contribution in [3.63, 3.8) is 0 Å². The predicted octanol–water partition coefficient (Wildman–Crippen LogP) is -0.331. The topological polar surface area (TPSA) is 71.7 Å². The van der Waals surface area contributed by atoms with E-state index < -0.39 is 11.3 Å². The fraction of sp³-hybridized carbons (Fsp3) is 0.353. The van der Waals surface area contributed by atoms with E-state index in [1.54, 1.807) is 19.1 Å². The lowest BCUT2D eigenvalue weighted by Gasteiger charge is -2.29. The van der Waals surface area contributed by atoms with Gasteiger partial charge >= 0.3 is 0 Å². The van der Waals surface area contributed by atoms with Gasteiger partial charge in [0.25, 0.3) is 5.91 Å². The summed E-state index contributed by atoms with van der Waals surface area (Å²) in [5.74, 6) is -0.495. The number of benzene rings is 1. The number of carbonyl (C=O) groups excluding carboxylic acids is 1. The van der Waals surface area contributed by atoms with E-state index in [0.717, 1.165) is 26.2 Å². The highest BCUT2D eigenvalue weighted by Crippen LogP contribution is 2.19. The average Bonchev–Trinajstić information content (AvgIpc) is 2.58. The fourth-order valence-corrected chi connectivity index (χ4v) is 2.98. The van der Waals surface area contributed by atoms with Crippen molar-refractivity contribution in [2.24, 2.45) is 0 Å². The molecule has 1 amide bonds. The lowest BCUT2D eigenvalue weighted by Crippen LogP contribution is -3.12. The molecule has 1 saturated heterocycles. The maximum Gasteiger partial charge on any atom is 0.290 e. The molecule has 2 N–H and O–H groups in total. The van der Waals surface area contributed by atoms with Crippen LogP contribution in [0.3, 0.4) is 0 Å². The first-order valence-electron chi connectivity index (χ1n) is 8.19. The minimum atomic E-state index is -0.495. The van der Waals surface area contributed by atoms with Crippen molar-refractivity contribution in [3.8, 4) is 5.69 Å². The Hall–Kier alpha value is -2.22. The Morgan fingerprint density at radius 1 is 1.28 bits per heavy atom. The van der Waals surface area contributed by atoms with Crippen LogP contribution in [0.1, 0.15) is 16.2 Å². The number of hydrogen-bond acceptors (Lipinski definition) is 4. The standard InChI is InChI=1S/C17H20ClN5O2/c1-12-11-15(24)16(17(25)20-22-9-7-21(2)8-10-22)19-23(12)14-6-4-3-5-13(14)18/h3-6,11H,7-10H2,1-2H3,(H,20,25)/p+1. The molecular formula is C17H21ClN5O2+. The number of quaternary nitrogens is 1. The SMILES string of the molecule is Cc1cc(=O)c(C(=O)NN2CC[NH+](C)CC2)nn1-c1ccccc1Cl. The van der Waals surface area contributed by atoms with E-state index in [2.05, 4.69) is 17.6 Å². The van der Waals surface area contributed by atoms with Crippen molar-refractivity contribution >= 4 is 17.5 Å². The van der Waals surface area contributed by atoms with E-state index in [1.165, 1.54) is 15.6 Å². The van der Waals surface area contributed by atoms with Gasteiger partial charge in [-0.3, -0.25) is 15.0 Å². The van der Waals surface area contributed by atoms with Crippen molar-refractivity contribution in [1.29, 1.82) is 0 Å². The smallest absolute Gasteiger partial charge is 0.290 e. The van der Waals surface area contributed by atoms with Gasteiger partial charge in [0.15, 0.2) is 5.69 Å². The van der Waals surface area contributed by atoms with E-state index in [1.807, 2.05) is 17.1 Å². The summed E-state index contributed by atoms with van der Waals surface area (Å²) in [5.41, 5.74) is 3.47. The zero-order valence-corrected chi connectivity index (χ0v) is 15.0. The molecule has 0 radical (unpaired) electrons. The zero-order valence-electron chi connectivity index (χ0n) is 14.3. The molecule has 0 atom stereocenters. The molecule has 0 bridgehead atoms. The van der Waals surface area contributed by atoms with Gasteiger partial charge in [-0.05, 0) is 19.1 Å². The number of amides is 1. The number of aromatic nitrogens is 2. The number of para-hydroxylation sites is 1. The number of aryl methyl sites for hydroxylation is 1. The number of hydrazine groups is 1. The number of hydrogen-bond donors (Lipinski definition) is 2. The maximum absolute atomic E-state index is 12.5. The van der Waals surface area contributed by atoms with E-state index in [0.29, 0.717) is 16.4 Å². The summed E-state index contributed by atoms with van der Waals surface area (Å²) in [6.45, 7) is 5.10. The number of rotatable bonds is 3. The molecule has 0 spiro atoms. The second-order valence-electron chi connectivity index (χ2n) is 6.25. The molecule has 1 aromatic heterocycles. The molecule has 3 rings (SSSR count). The van der Waals surface area contributed by atoms with Crippen molar-refractivity contribution in [1.82, 2.24) is 20.2 Å². The van der Waals surface area contributed by atoms with Crippen molar-refractivity contribution in [2.45, 2.75) is 6.92 Å². The highest BCUT2D eigenvalue weighted by Gasteiger charge is 2.22. The fourth-order valence-electron chi connectivity index (χ4n) is 2.77. The normalized spacial score (nSPS) is 16.0. The first-order valence-corrected chi connectivity index (χ1v) is 8.56. The van der Waals surface area contributed by atoms with Gasteiger partial charge in [0.2, 0.25) is 5.43 Å². The van der Waals surface area contributed by atoms with Crippen LogP contribution >= 0.6 is 11.6 Å². The predicted molar refractivity (Wildman–Crippen MR) is 95.2 cm³/mol. The minimum absolute atomic E-state index is 0.142. The van der Waals surface area contributed by atoms with Gasteiger partial charge in [-0.15, -0.1) is 0 Å². The Labute approximate surface area is 150 Å². The largest absolute Gasteiger partial charge is 0.335 e. The molecule has 132 valence electrons. The highest BCUT2D eigenvalue weighted by atomic mass is 35.5. The first kappa shape index (κ1) is 17.6. The summed E-state index contributed by atoms with van der Waals surface area (Å²) in [6.07, 6.45) is 0. The molecule has 25 heavy (non-hydrogen) atoms. The molecule has 2 heterocycles. The second kappa shape index (κ2) is 7.35. The van der Waals surface area contributed by atoms with E-state index >= 15 is 0 Å². The molecule has 0 aliphatic carbocycles. The quantitative estimate of drug-likeness (QED) is 0.784. The van der Waals surface area contributed by atoms with Crippen molar-refractivity contribution in [2.75, 3.05) is 33.2 Å². The summed E-state index contributed by atoms with van der Waals surface area (Å²) >= 11 is 6.22. The van der Waals surface area contributed by atoms with Gasteiger partial charge < -0.3 is 4.90 Å². The number of nitrogens with one attached hydrogen (secondary N) is 2. The maximum atomic E-state index is 12.5. The zero-order chi connectivity index (χ0) is 18.0. The van der Waals surface area contributed by atoms with Crippen LogP contribution in [-0.2, 0) is 0 Å². The highest BCUT2D eigenvalue weighted by molar-refractivity contribution is 6.32.